The van der Waals surface area contributed by atoms with Gasteiger partial charge in [-0.05, 0) is 43.2 Å². The Labute approximate surface area is 137 Å². The number of rotatable bonds is 5. The van der Waals surface area contributed by atoms with Crippen LogP contribution < -0.4 is 5.32 Å². The first kappa shape index (κ1) is 15.1. The van der Waals surface area contributed by atoms with Crippen molar-refractivity contribution >= 4 is 5.91 Å². The third-order valence-corrected chi connectivity index (χ3v) is 5.39. The highest BCUT2D eigenvalue weighted by Gasteiger charge is 2.43. The maximum absolute atomic E-state index is 12.4. The van der Waals surface area contributed by atoms with E-state index >= 15 is 0 Å². The quantitative estimate of drug-likeness (QED) is 0.896. The molecule has 1 amide bonds. The second kappa shape index (κ2) is 6.57. The lowest BCUT2D eigenvalue weighted by Crippen LogP contribution is -2.47. The Bertz CT molecular complexity index is 546. The van der Waals surface area contributed by atoms with E-state index in [1.165, 1.54) is 18.4 Å². The SMILES string of the molecule is O=C(NCC1CC1)[C@H]1C[C@@H]2[C@@H](C1)OCCN2Cc1cccnc1. The van der Waals surface area contributed by atoms with E-state index in [0.29, 0.717) is 6.04 Å². The molecule has 3 aliphatic rings. The normalized spacial score (nSPS) is 30.9. The number of ether oxygens (including phenoxy) is 1. The van der Waals surface area contributed by atoms with Crippen molar-refractivity contribution in [1.29, 1.82) is 0 Å². The van der Waals surface area contributed by atoms with Crippen LogP contribution in [0.1, 0.15) is 31.2 Å². The highest BCUT2D eigenvalue weighted by atomic mass is 16.5. The van der Waals surface area contributed by atoms with Gasteiger partial charge in [0.1, 0.15) is 0 Å². The Morgan fingerprint density at radius 3 is 3.09 bits per heavy atom. The molecule has 0 unspecified atom stereocenters. The first-order valence-electron chi connectivity index (χ1n) is 8.82. The number of carbonyl (C=O) groups excluding carboxylic acids is 1. The maximum atomic E-state index is 12.4. The van der Waals surface area contributed by atoms with E-state index in [2.05, 4.69) is 21.3 Å². The first-order chi connectivity index (χ1) is 11.3. The van der Waals surface area contributed by atoms with Gasteiger partial charge in [0, 0.05) is 44.0 Å². The molecule has 0 spiro atoms. The van der Waals surface area contributed by atoms with Gasteiger partial charge in [0.05, 0.1) is 12.7 Å². The molecule has 1 N–H and O–H groups in total. The van der Waals surface area contributed by atoms with E-state index in [9.17, 15) is 4.79 Å². The molecule has 2 saturated carbocycles. The van der Waals surface area contributed by atoms with Gasteiger partial charge < -0.3 is 10.1 Å². The number of hydrogen-bond acceptors (Lipinski definition) is 4. The van der Waals surface area contributed by atoms with Crippen LogP contribution in [0.25, 0.3) is 0 Å². The first-order valence-corrected chi connectivity index (χ1v) is 8.82. The highest BCUT2D eigenvalue weighted by molar-refractivity contribution is 5.79. The summed E-state index contributed by atoms with van der Waals surface area (Å²) < 4.78 is 5.95. The van der Waals surface area contributed by atoms with Gasteiger partial charge in [-0.2, -0.15) is 0 Å². The molecule has 1 aliphatic heterocycles. The topological polar surface area (TPSA) is 54.5 Å². The number of fused-ring (bicyclic) bond motifs is 1. The summed E-state index contributed by atoms with van der Waals surface area (Å²) in [5.41, 5.74) is 1.23. The summed E-state index contributed by atoms with van der Waals surface area (Å²) in [6, 6.07) is 4.46. The van der Waals surface area contributed by atoms with E-state index in [0.717, 1.165) is 45.0 Å². The fourth-order valence-electron chi connectivity index (χ4n) is 3.88. The number of amides is 1. The van der Waals surface area contributed by atoms with Crippen molar-refractivity contribution in [3.63, 3.8) is 0 Å². The van der Waals surface area contributed by atoms with Crippen molar-refractivity contribution in [2.75, 3.05) is 19.7 Å². The molecule has 0 bridgehead atoms. The van der Waals surface area contributed by atoms with E-state index in [4.69, 9.17) is 4.74 Å². The molecular weight excluding hydrogens is 290 g/mol. The molecule has 1 saturated heterocycles. The van der Waals surface area contributed by atoms with E-state index in [1.807, 2.05) is 12.3 Å². The van der Waals surface area contributed by atoms with Gasteiger partial charge in [0.2, 0.25) is 5.91 Å². The summed E-state index contributed by atoms with van der Waals surface area (Å²) in [4.78, 5) is 19.1. The summed E-state index contributed by atoms with van der Waals surface area (Å²) in [6.45, 7) is 3.46. The Morgan fingerprint density at radius 2 is 2.30 bits per heavy atom. The predicted octanol–water partition coefficient (Wildman–Crippen LogP) is 1.59. The number of aromatic nitrogens is 1. The lowest BCUT2D eigenvalue weighted by molar-refractivity contribution is -0.125. The monoisotopic (exact) mass is 315 g/mol. The van der Waals surface area contributed by atoms with Crippen molar-refractivity contribution in [3.05, 3.63) is 30.1 Å². The van der Waals surface area contributed by atoms with Crippen molar-refractivity contribution in [1.82, 2.24) is 15.2 Å². The van der Waals surface area contributed by atoms with Crippen LogP contribution in [0, 0.1) is 11.8 Å². The van der Waals surface area contributed by atoms with Crippen molar-refractivity contribution < 1.29 is 9.53 Å². The summed E-state index contributed by atoms with van der Waals surface area (Å²) in [6.07, 6.45) is 8.28. The summed E-state index contributed by atoms with van der Waals surface area (Å²) in [5, 5.41) is 3.14. The zero-order chi connectivity index (χ0) is 15.6. The predicted molar refractivity (Wildman–Crippen MR) is 86.6 cm³/mol. The average Bonchev–Trinajstić information content (AvgIpc) is 3.30. The molecule has 1 aromatic rings. The molecule has 3 atom stereocenters. The smallest absolute Gasteiger partial charge is 0.223 e. The van der Waals surface area contributed by atoms with Gasteiger partial charge in [-0.1, -0.05) is 6.07 Å². The lowest BCUT2D eigenvalue weighted by atomic mass is 10.1. The number of carbonyl (C=O) groups is 1. The molecule has 2 heterocycles. The summed E-state index contributed by atoms with van der Waals surface area (Å²) in [5.74, 6) is 1.08. The van der Waals surface area contributed by atoms with Crippen LogP contribution >= 0.6 is 0 Å². The van der Waals surface area contributed by atoms with Crippen LogP contribution in [-0.4, -0.2) is 47.6 Å². The molecule has 3 fully saturated rings. The molecule has 4 rings (SSSR count). The molecule has 2 aliphatic carbocycles. The number of nitrogens with zero attached hydrogens (tertiary/aromatic N) is 2. The number of hydrogen-bond donors (Lipinski definition) is 1. The summed E-state index contributed by atoms with van der Waals surface area (Å²) >= 11 is 0. The average molecular weight is 315 g/mol. The second-order valence-electron chi connectivity index (χ2n) is 7.17. The molecule has 124 valence electrons. The van der Waals surface area contributed by atoms with Crippen molar-refractivity contribution in [2.45, 2.75) is 44.4 Å². The van der Waals surface area contributed by atoms with Crippen LogP contribution in [0.2, 0.25) is 0 Å². The minimum atomic E-state index is 0.109. The van der Waals surface area contributed by atoms with E-state index in [-0.39, 0.29) is 17.9 Å². The Morgan fingerprint density at radius 1 is 1.39 bits per heavy atom. The second-order valence-corrected chi connectivity index (χ2v) is 7.17. The van der Waals surface area contributed by atoms with Crippen molar-refractivity contribution in [2.24, 2.45) is 11.8 Å². The zero-order valence-electron chi connectivity index (χ0n) is 13.5. The Hall–Kier alpha value is -1.46. The molecular formula is C18H25N3O2. The minimum absolute atomic E-state index is 0.109. The van der Waals surface area contributed by atoms with E-state index in [1.54, 1.807) is 6.20 Å². The van der Waals surface area contributed by atoms with Crippen LogP contribution in [0.4, 0.5) is 0 Å². The van der Waals surface area contributed by atoms with Gasteiger partial charge in [-0.25, -0.2) is 0 Å². The molecule has 0 radical (unpaired) electrons. The van der Waals surface area contributed by atoms with Crippen LogP contribution in [0.5, 0.6) is 0 Å². The van der Waals surface area contributed by atoms with Crippen LogP contribution in [0.15, 0.2) is 24.5 Å². The molecule has 5 nitrogen and oxygen atoms in total. The van der Waals surface area contributed by atoms with Gasteiger partial charge in [0.15, 0.2) is 0 Å². The number of nitrogens with one attached hydrogen (secondary N) is 1. The highest BCUT2D eigenvalue weighted by Crippen LogP contribution is 2.35. The lowest BCUT2D eigenvalue weighted by Gasteiger charge is -2.37. The van der Waals surface area contributed by atoms with Crippen LogP contribution in [-0.2, 0) is 16.1 Å². The zero-order valence-corrected chi connectivity index (χ0v) is 13.5. The largest absolute Gasteiger partial charge is 0.375 e. The molecule has 1 aromatic heterocycles. The summed E-state index contributed by atoms with van der Waals surface area (Å²) in [7, 11) is 0. The van der Waals surface area contributed by atoms with Gasteiger partial charge in [0.25, 0.3) is 0 Å². The minimum Gasteiger partial charge on any atom is -0.375 e. The molecule has 0 aromatic carbocycles. The van der Waals surface area contributed by atoms with Crippen LogP contribution in [0.3, 0.4) is 0 Å². The number of morpholine rings is 1. The molecule has 5 heteroatoms. The van der Waals surface area contributed by atoms with Gasteiger partial charge in [-0.3, -0.25) is 14.7 Å². The number of pyridine rings is 1. The fraction of sp³-hybridized carbons (Fsp3) is 0.667. The maximum Gasteiger partial charge on any atom is 0.223 e. The van der Waals surface area contributed by atoms with E-state index < -0.39 is 0 Å². The third-order valence-electron chi connectivity index (χ3n) is 5.39. The van der Waals surface area contributed by atoms with Crippen molar-refractivity contribution in [3.8, 4) is 0 Å². The molecule has 23 heavy (non-hydrogen) atoms. The van der Waals surface area contributed by atoms with Gasteiger partial charge in [-0.15, -0.1) is 0 Å². The Kier molecular flexibility index (Phi) is 4.31. The third kappa shape index (κ3) is 3.56. The van der Waals surface area contributed by atoms with Gasteiger partial charge >= 0.3 is 0 Å². The fourth-order valence-corrected chi connectivity index (χ4v) is 3.88. The Balaban J connectivity index is 1.36. The standard InChI is InChI=1S/C18H25N3O2/c22-18(20-11-13-3-4-13)15-8-16-17(9-15)23-7-6-21(16)12-14-2-1-5-19-10-14/h1-2,5,10,13,15-17H,3-4,6-9,11-12H2,(H,20,22)/t15-,16+,17+/m0/s1.